The highest BCUT2D eigenvalue weighted by Gasteiger charge is 2.36. The van der Waals surface area contributed by atoms with Crippen molar-refractivity contribution < 1.29 is 9.47 Å². The fraction of sp³-hybridized carbons (Fsp3) is 0.500. The highest BCUT2D eigenvalue weighted by Crippen LogP contribution is 2.36. The van der Waals surface area contributed by atoms with E-state index >= 15 is 0 Å². The smallest absolute Gasteiger partial charge is 0.193 e. The van der Waals surface area contributed by atoms with Gasteiger partial charge in [-0.1, -0.05) is 24.3 Å². The highest BCUT2D eigenvalue weighted by atomic mass is 16.5. The minimum Gasteiger partial charge on any atom is -0.497 e. The molecule has 0 bridgehead atoms. The molecule has 0 spiro atoms. The Morgan fingerprint density at radius 3 is 2.34 bits per heavy atom. The van der Waals surface area contributed by atoms with E-state index in [2.05, 4.69) is 63.4 Å². The van der Waals surface area contributed by atoms with Gasteiger partial charge in [0.1, 0.15) is 5.75 Å². The Bertz CT molecular complexity index is 898. The topological polar surface area (TPSA) is 49.3 Å². The molecule has 6 nitrogen and oxygen atoms in total. The number of anilines is 1. The van der Waals surface area contributed by atoms with Crippen LogP contribution in [0.15, 0.2) is 53.5 Å². The van der Waals surface area contributed by atoms with Crippen molar-refractivity contribution in [3.05, 3.63) is 59.7 Å². The molecule has 0 amide bonds. The van der Waals surface area contributed by atoms with Crippen molar-refractivity contribution in [2.45, 2.75) is 25.2 Å². The number of methoxy groups -OCH3 is 1. The number of nitrogens with zero attached hydrogens (tertiary/aromatic N) is 3. The molecule has 32 heavy (non-hydrogen) atoms. The van der Waals surface area contributed by atoms with Crippen molar-refractivity contribution in [1.82, 2.24) is 10.2 Å². The maximum absolute atomic E-state index is 5.72. The second-order valence-corrected chi connectivity index (χ2v) is 8.78. The van der Waals surface area contributed by atoms with Gasteiger partial charge in [-0.2, -0.15) is 0 Å². The van der Waals surface area contributed by atoms with Gasteiger partial charge in [-0.05, 0) is 55.2 Å². The molecule has 2 aliphatic rings. The molecule has 4 rings (SSSR count). The van der Waals surface area contributed by atoms with Crippen LogP contribution in [-0.4, -0.2) is 71.0 Å². The van der Waals surface area contributed by atoms with E-state index in [9.17, 15) is 0 Å². The summed E-state index contributed by atoms with van der Waals surface area (Å²) in [7, 11) is 3.60. The Hall–Kier alpha value is -2.73. The largest absolute Gasteiger partial charge is 0.497 e. The normalized spacial score (nSPS) is 19.0. The first kappa shape index (κ1) is 22.5. The van der Waals surface area contributed by atoms with Gasteiger partial charge in [0.25, 0.3) is 0 Å². The minimum atomic E-state index is 0.0877. The predicted octanol–water partition coefficient (Wildman–Crippen LogP) is 3.45. The first-order valence-electron chi connectivity index (χ1n) is 11.6. The molecule has 2 aromatic carbocycles. The third-order valence-electron chi connectivity index (χ3n) is 6.98. The molecule has 2 saturated heterocycles. The molecule has 2 aliphatic heterocycles. The molecule has 6 heteroatoms. The van der Waals surface area contributed by atoms with Gasteiger partial charge in [0.05, 0.1) is 7.11 Å². The first-order valence-corrected chi connectivity index (χ1v) is 11.6. The van der Waals surface area contributed by atoms with Crippen molar-refractivity contribution >= 4 is 11.6 Å². The first-order chi connectivity index (χ1) is 15.6. The summed E-state index contributed by atoms with van der Waals surface area (Å²) in [4.78, 5) is 9.44. The third-order valence-corrected chi connectivity index (χ3v) is 6.98. The lowest BCUT2D eigenvalue weighted by Gasteiger charge is -2.41. The molecule has 0 radical (unpaired) electrons. The summed E-state index contributed by atoms with van der Waals surface area (Å²) in [5, 5.41) is 3.73. The van der Waals surface area contributed by atoms with E-state index in [1.165, 1.54) is 16.8 Å². The molecule has 0 aromatic heterocycles. The van der Waals surface area contributed by atoms with Gasteiger partial charge in [0, 0.05) is 64.1 Å². The summed E-state index contributed by atoms with van der Waals surface area (Å²) in [6.07, 6.45) is 2.07. The van der Waals surface area contributed by atoms with Crippen LogP contribution in [0.3, 0.4) is 0 Å². The van der Waals surface area contributed by atoms with E-state index in [0.29, 0.717) is 0 Å². The van der Waals surface area contributed by atoms with Crippen LogP contribution in [-0.2, 0) is 10.2 Å². The average Bonchev–Trinajstić information content (AvgIpc) is 2.86. The zero-order valence-electron chi connectivity index (χ0n) is 19.6. The molecule has 1 N–H and O–H groups in total. The number of aliphatic imine (C=N–C) groups is 1. The number of guanidine groups is 1. The van der Waals surface area contributed by atoms with Gasteiger partial charge in [0.15, 0.2) is 5.96 Å². The van der Waals surface area contributed by atoms with Crippen molar-refractivity contribution in [1.29, 1.82) is 0 Å². The van der Waals surface area contributed by atoms with Gasteiger partial charge in [-0.15, -0.1) is 0 Å². The van der Waals surface area contributed by atoms with Gasteiger partial charge in [-0.3, -0.25) is 4.99 Å². The third kappa shape index (κ3) is 4.85. The number of hydrogen-bond acceptors (Lipinski definition) is 4. The number of ether oxygens (including phenoxy) is 2. The maximum atomic E-state index is 5.72. The molecule has 2 heterocycles. The summed E-state index contributed by atoms with van der Waals surface area (Å²) in [6, 6.07) is 17.1. The number of aryl methyl sites for hydroxylation is 1. The molecule has 172 valence electrons. The lowest BCUT2D eigenvalue weighted by Crippen LogP contribution is -2.55. The van der Waals surface area contributed by atoms with E-state index in [-0.39, 0.29) is 5.41 Å². The van der Waals surface area contributed by atoms with Crippen LogP contribution in [0.5, 0.6) is 5.75 Å². The van der Waals surface area contributed by atoms with E-state index < -0.39 is 0 Å². The molecule has 0 aliphatic carbocycles. The zero-order chi connectivity index (χ0) is 22.4. The molecular formula is C26H36N4O2. The molecule has 2 fully saturated rings. The van der Waals surface area contributed by atoms with Gasteiger partial charge in [0.2, 0.25) is 0 Å². The Labute approximate surface area is 192 Å². The Kier molecular flexibility index (Phi) is 7.20. The number of benzene rings is 2. The summed E-state index contributed by atoms with van der Waals surface area (Å²) >= 11 is 0. The predicted molar refractivity (Wildman–Crippen MR) is 131 cm³/mol. The standard InChI is InChI=1S/C26H36N4O2/c1-21-6-4-5-7-24(21)26(12-18-32-19-13-26)20-28-25(27-2)30-16-14-29(15-17-30)22-8-10-23(31-3)11-9-22/h4-11H,12-20H2,1-3H3,(H,27,28). The van der Waals surface area contributed by atoms with Crippen molar-refractivity contribution in [2.24, 2.45) is 4.99 Å². The number of nitrogens with one attached hydrogen (secondary N) is 1. The molecular weight excluding hydrogens is 400 g/mol. The minimum absolute atomic E-state index is 0.0877. The summed E-state index contributed by atoms with van der Waals surface area (Å²) in [5.41, 5.74) is 4.13. The fourth-order valence-corrected chi connectivity index (χ4v) is 5.02. The maximum Gasteiger partial charge on any atom is 0.193 e. The second-order valence-electron chi connectivity index (χ2n) is 8.78. The monoisotopic (exact) mass is 436 g/mol. The van der Waals surface area contributed by atoms with Gasteiger partial charge < -0.3 is 24.6 Å². The van der Waals surface area contributed by atoms with Crippen molar-refractivity contribution in [3.63, 3.8) is 0 Å². The Balaban J connectivity index is 1.39. The van der Waals surface area contributed by atoms with E-state index in [1.807, 2.05) is 19.2 Å². The van der Waals surface area contributed by atoms with E-state index in [0.717, 1.165) is 70.5 Å². The second kappa shape index (κ2) is 10.3. The quantitative estimate of drug-likeness (QED) is 0.575. The molecule has 0 atom stereocenters. The number of rotatable bonds is 5. The van der Waals surface area contributed by atoms with Crippen LogP contribution < -0.4 is 15.0 Å². The lowest BCUT2D eigenvalue weighted by atomic mass is 9.72. The van der Waals surface area contributed by atoms with Crippen LogP contribution in [0.4, 0.5) is 5.69 Å². The van der Waals surface area contributed by atoms with E-state index in [1.54, 1.807) is 7.11 Å². The average molecular weight is 437 g/mol. The highest BCUT2D eigenvalue weighted by molar-refractivity contribution is 5.80. The van der Waals surface area contributed by atoms with Crippen LogP contribution in [0.1, 0.15) is 24.0 Å². The van der Waals surface area contributed by atoms with Crippen LogP contribution in [0.2, 0.25) is 0 Å². The summed E-state index contributed by atoms with van der Waals surface area (Å²) in [5.74, 6) is 1.89. The van der Waals surface area contributed by atoms with Crippen LogP contribution >= 0.6 is 0 Å². The Morgan fingerprint density at radius 1 is 1.03 bits per heavy atom. The number of piperazine rings is 1. The zero-order valence-corrected chi connectivity index (χ0v) is 19.6. The van der Waals surface area contributed by atoms with E-state index in [4.69, 9.17) is 9.47 Å². The van der Waals surface area contributed by atoms with Crippen molar-refractivity contribution in [2.75, 3.05) is 65.0 Å². The van der Waals surface area contributed by atoms with Gasteiger partial charge >= 0.3 is 0 Å². The molecule has 2 aromatic rings. The summed E-state index contributed by atoms with van der Waals surface area (Å²) < 4.78 is 11.0. The van der Waals surface area contributed by atoms with Crippen molar-refractivity contribution in [3.8, 4) is 5.75 Å². The van der Waals surface area contributed by atoms with Crippen LogP contribution in [0.25, 0.3) is 0 Å². The summed E-state index contributed by atoms with van der Waals surface area (Å²) in [6.45, 7) is 8.59. The molecule has 0 saturated carbocycles. The Morgan fingerprint density at radius 2 is 1.72 bits per heavy atom. The van der Waals surface area contributed by atoms with Gasteiger partial charge in [-0.25, -0.2) is 0 Å². The van der Waals surface area contributed by atoms with Crippen LogP contribution in [0, 0.1) is 6.92 Å². The fourth-order valence-electron chi connectivity index (χ4n) is 5.02. The molecule has 0 unspecified atom stereocenters. The lowest BCUT2D eigenvalue weighted by molar-refractivity contribution is 0.0509. The number of hydrogen-bond donors (Lipinski definition) is 1. The SMILES string of the molecule is CN=C(NCC1(c2ccccc2C)CCOCC1)N1CCN(c2ccc(OC)cc2)CC1.